The van der Waals surface area contributed by atoms with E-state index in [9.17, 15) is 8.42 Å². The Labute approximate surface area is 187 Å². The van der Waals surface area contributed by atoms with Crippen molar-refractivity contribution in [3.63, 3.8) is 0 Å². The number of ether oxygens (including phenoxy) is 1. The fourth-order valence-electron chi connectivity index (χ4n) is 3.16. The predicted octanol–water partition coefficient (Wildman–Crippen LogP) is 3.07. The minimum Gasteiger partial charge on any atom is -0.497 e. The highest BCUT2D eigenvalue weighted by Gasteiger charge is 2.41. The average Bonchev–Trinajstić information content (AvgIpc) is 2.61. The molecular formula is C20H34IN3O3S. The number of rotatable bonds is 5. The molecule has 0 aliphatic carbocycles. The molecule has 0 spiro atoms. The lowest BCUT2D eigenvalue weighted by Gasteiger charge is -2.39. The summed E-state index contributed by atoms with van der Waals surface area (Å²) in [6.07, 6.45) is 0. The third-order valence-electron chi connectivity index (χ3n) is 5.15. The topological polar surface area (TPSA) is 71.0 Å². The SMILES string of the molecule is CCNC(=NCC(C)(C)c1cccc(OC)c1)N1CCS(=O)(=O)C(C)(C)C1.I. The normalized spacial score (nSPS) is 18.9. The van der Waals surface area contributed by atoms with Gasteiger partial charge in [-0.25, -0.2) is 8.42 Å². The van der Waals surface area contributed by atoms with Gasteiger partial charge in [-0.3, -0.25) is 4.99 Å². The molecule has 1 aliphatic heterocycles. The molecule has 0 saturated carbocycles. The molecule has 0 atom stereocenters. The second kappa shape index (κ2) is 9.65. The lowest BCUT2D eigenvalue weighted by molar-refractivity contribution is 0.352. The molecule has 28 heavy (non-hydrogen) atoms. The monoisotopic (exact) mass is 523 g/mol. The zero-order valence-electron chi connectivity index (χ0n) is 17.8. The highest BCUT2D eigenvalue weighted by Crippen LogP contribution is 2.27. The summed E-state index contributed by atoms with van der Waals surface area (Å²) in [6.45, 7) is 12.1. The molecule has 1 heterocycles. The van der Waals surface area contributed by atoms with Crippen LogP contribution in [-0.2, 0) is 15.3 Å². The van der Waals surface area contributed by atoms with Gasteiger partial charge in [-0.15, -0.1) is 24.0 Å². The Morgan fingerprint density at radius 2 is 2.04 bits per heavy atom. The summed E-state index contributed by atoms with van der Waals surface area (Å²) in [4.78, 5) is 6.91. The molecule has 1 aromatic rings. The first-order valence-electron chi connectivity index (χ1n) is 9.42. The number of nitrogens with one attached hydrogen (secondary N) is 1. The molecule has 6 nitrogen and oxygen atoms in total. The van der Waals surface area contributed by atoms with Crippen molar-refractivity contribution < 1.29 is 13.2 Å². The minimum absolute atomic E-state index is 0. The zero-order chi connectivity index (χ0) is 20.3. The van der Waals surface area contributed by atoms with Crippen LogP contribution in [0.2, 0.25) is 0 Å². The smallest absolute Gasteiger partial charge is 0.194 e. The summed E-state index contributed by atoms with van der Waals surface area (Å²) >= 11 is 0. The van der Waals surface area contributed by atoms with Crippen LogP contribution in [-0.4, -0.2) is 63.1 Å². The highest BCUT2D eigenvalue weighted by atomic mass is 127. The molecule has 0 bridgehead atoms. The average molecular weight is 523 g/mol. The largest absolute Gasteiger partial charge is 0.497 e. The number of hydrogen-bond acceptors (Lipinski definition) is 4. The van der Waals surface area contributed by atoms with Gasteiger partial charge >= 0.3 is 0 Å². The van der Waals surface area contributed by atoms with Gasteiger partial charge in [-0.1, -0.05) is 26.0 Å². The molecule has 0 radical (unpaired) electrons. The molecule has 8 heteroatoms. The van der Waals surface area contributed by atoms with E-state index in [4.69, 9.17) is 9.73 Å². The summed E-state index contributed by atoms with van der Waals surface area (Å²) < 4.78 is 29.2. The maximum Gasteiger partial charge on any atom is 0.194 e. The number of guanidine groups is 1. The number of hydrogen-bond donors (Lipinski definition) is 1. The van der Waals surface area contributed by atoms with Crippen LogP contribution in [0.3, 0.4) is 0 Å². The van der Waals surface area contributed by atoms with E-state index in [1.807, 2.05) is 25.1 Å². The zero-order valence-corrected chi connectivity index (χ0v) is 20.9. The van der Waals surface area contributed by atoms with Crippen LogP contribution >= 0.6 is 24.0 Å². The number of nitrogens with zero attached hydrogens (tertiary/aromatic N) is 2. The second-order valence-corrected chi connectivity index (χ2v) is 11.0. The molecule has 1 fully saturated rings. The summed E-state index contributed by atoms with van der Waals surface area (Å²) in [6, 6.07) is 8.05. The first kappa shape index (κ1) is 25.0. The van der Waals surface area contributed by atoms with Crippen molar-refractivity contribution in [3.8, 4) is 5.75 Å². The number of halogens is 1. The highest BCUT2D eigenvalue weighted by molar-refractivity contribution is 14.0. The molecule has 1 N–H and O–H groups in total. The molecular weight excluding hydrogens is 489 g/mol. The Balaban J connectivity index is 0.00000392. The van der Waals surface area contributed by atoms with Gasteiger partial charge in [-0.2, -0.15) is 0 Å². The number of benzene rings is 1. The van der Waals surface area contributed by atoms with Crippen molar-refractivity contribution in [2.24, 2.45) is 4.99 Å². The van der Waals surface area contributed by atoms with Crippen molar-refractivity contribution in [3.05, 3.63) is 29.8 Å². The molecule has 0 amide bonds. The fraction of sp³-hybridized carbons (Fsp3) is 0.650. The number of methoxy groups -OCH3 is 1. The van der Waals surface area contributed by atoms with E-state index >= 15 is 0 Å². The Bertz CT molecular complexity index is 792. The standard InChI is InChI=1S/C20H33N3O3S.HI/c1-7-21-18(23-11-12-27(24,25)20(4,5)15-23)22-14-19(2,3)16-9-8-10-17(13-16)26-6;/h8-10,13H,7,11-12,14-15H2,1-6H3,(H,21,22);1H. The summed E-state index contributed by atoms with van der Waals surface area (Å²) in [5, 5.41) is 3.32. The van der Waals surface area contributed by atoms with E-state index in [0.717, 1.165) is 23.8 Å². The Hall–Kier alpha value is -1.03. The predicted molar refractivity (Wildman–Crippen MR) is 127 cm³/mol. The van der Waals surface area contributed by atoms with Gasteiger partial charge in [0.2, 0.25) is 0 Å². The molecule has 1 aromatic carbocycles. The Kier molecular flexibility index (Phi) is 8.62. The third kappa shape index (κ3) is 5.75. The van der Waals surface area contributed by atoms with Crippen LogP contribution in [0.4, 0.5) is 0 Å². The molecule has 0 unspecified atom stereocenters. The van der Waals surface area contributed by atoms with Gasteiger partial charge in [0.25, 0.3) is 0 Å². The molecule has 160 valence electrons. The van der Waals surface area contributed by atoms with Gasteiger partial charge in [0.15, 0.2) is 15.8 Å². The van der Waals surface area contributed by atoms with E-state index in [-0.39, 0.29) is 35.1 Å². The van der Waals surface area contributed by atoms with Crippen LogP contribution in [0.5, 0.6) is 5.75 Å². The summed E-state index contributed by atoms with van der Waals surface area (Å²) in [5.41, 5.74) is 0.982. The second-order valence-electron chi connectivity index (χ2n) is 8.29. The van der Waals surface area contributed by atoms with Crippen molar-refractivity contribution in [2.45, 2.75) is 44.8 Å². The van der Waals surface area contributed by atoms with E-state index in [1.165, 1.54) is 0 Å². The first-order chi connectivity index (χ1) is 12.5. The Morgan fingerprint density at radius 3 is 2.61 bits per heavy atom. The summed E-state index contributed by atoms with van der Waals surface area (Å²) in [7, 11) is -1.41. The molecule has 0 aromatic heterocycles. The molecule has 1 aliphatic rings. The van der Waals surface area contributed by atoms with Gasteiger partial charge in [-0.05, 0) is 38.5 Å². The maximum absolute atomic E-state index is 12.3. The fourth-order valence-corrected chi connectivity index (χ4v) is 4.52. The van der Waals surface area contributed by atoms with Crippen LogP contribution < -0.4 is 10.1 Å². The molecule has 1 saturated heterocycles. The third-order valence-corrected chi connectivity index (χ3v) is 7.69. The van der Waals surface area contributed by atoms with Gasteiger partial charge in [0, 0.05) is 25.0 Å². The van der Waals surface area contributed by atoms with Crippen LogP contribution in [0.15, 0.2) is 29.3 Å². The minimum atomic E-state index is -3.07. The quantitative estimate of drug-likeness (QED) is 0.365. The van der Waals surface area contributed by atoms with Crippen molar-refractivity contribution in [2.75, 3.05) is 39.0 Å². The first-order valence-corrected chi connectivity index (χ1v) is 11.1. The number of aliphatic imine (C=N–C) groups is 1. The van der Waals surface area contributed by atoms with E-state index < -0.39 is 14.6 Å². The molecule has 2 rings (SSSR count). The lowest BCUT2D eigenvalue weighted by atomic mass is 9.84. The van der Waals surface area contributed by atoms with Gasteiger partial charge in [0.05, 0.1) is 24.2 Å². The van der Waals surface area contributed by atoms with Gasteiger partial charge < -0.3 is 15.0 Å². The van der Waals surface area contributed by atoms with Crippen molar-refractivity contribution in [1.29, 1.82) is 0 Å². The van der Waals surface area contributed by atoms with Gasteiger partial charge in [0.1, 0.15) is 5.75 Å². The Morgan fingerprint density at radius 1 is 1.36 bits per heavy atom. The van der Waals surface area contributed by atoms with E-state index in [2.05, 4.69) is 30.1 Å². The van der Waals surface area contributed by atoms with Crippen LogP contribution in [0.1, 0.15) is 40.2 Å². The van der Waals surface area contributed by atoms with Crippen molar-refractivity contribution in [1.82, 2.24) is 10.2 Å². The maximum atomic E-state index is 12.3. The van der Waals surface area contributed by atoms with E-state index in [1.54, 1.807) is 21.0 Å². The van der Waals surface area contributed by atoms with E-state index in [0.29, 0.717) is 19.6 Å². The lowest BCUT2D eigenvalue weighted by Crippen LogP contribution is -2.57. The summed E-state index contributed by atoms with van der Waals surface area (Å²) in [5.74, 6) is 1.76. The van der Waals surface area contributed by atoms with Crippen molar-refractivity contribution >= 4 is 39.8 Å². The van der Waals surface area contributed by atoms with Crippen LogP contribution in [0, 0.1) is 0 Å². The van der Waals surface area contributed by atoms with Crippen LogP contribution in [0.25, 0.3) is 0 Å². The number of sulfone groups is 1.